The number of phenols is 1. The number of nitrogens with two attached hydrogens (primary N) is 1. The number of rotatable bonds is 4. The standard InChI is InChI=1S/C28H27ClN6O2/c1-16-9-20(17-3-4-24(22(29)11-17)35-8-7-33(2)28(35)37)27(36)21(10-16)18-12-23-26(32-15-31-23)25(13-18)34-6-5-19(30)14-34/h3-4,7-13,15,19,36H,5-6,14,30H2,1-2H3,(H,31,32)/t19-/m0/s1. The van der Waals surface area contributed by atoms with Crippen LogP contribution in [0.4, 0.5) is 5.69 Å². The van der Waals surface area contributed by atoms with E-state index in [0.29, 0.717) is 16.3 Å². The number of aromatic hydroxyl groups is 1. The first-order chi connectivity index (χ1) is 17.8. The summed E-state index contributed by atoms with van der Waals surface area (Å²) in [6.07, 6.45) is 5.99. The molecule has 1 aliphatic heterocycles. The van der Waals surface area contributed by atoms with E-state index in [4.69, 9.17) is 17.3 Å². The van der Waals surface area contributed by atoms with Crippen LogP contribution in [0.2, 0.25) is 5.02 Å². The van der Waals surface area contributed by atoms with Gasteiger partial charge < -0.3 is 25.3 Å². The molecule has 0 saturated carbocycles. The number of H-pyrrole nitrogens is 1. The highest BCUT2D eigenvalue weighted by atomic mass is 35.5. The van der Waals surface area contributed by atoms with Crippen LogP contribution in [0, 0.1) is 6.92 Å². The van der Waals surface area contributed by atoms with E-state index in [9.17, 15) is 9.90 Å². The average molecular weight is 515 g/mol. The van der Waals surface area contributed by atoms with Gasteiger partial charge in [-0.3, -0.25) is 4.57 Å². The van der Waals surface area contributed by atoms with Gasteiger partial charge in [0.15, 0.2) is 0 Å². The molecule has 37 heavy (non-hydrogen) atoms. The zero-order chi connectivity index (χ0) is 25.8. The predicted molar refractivity (Wildman–Crippen MR) is 148 cm³/mol. The van der Waals surface area contributed by atoms with Gasteiger partial charge in [0, 0.05) is 49.7 Å². The molecule has 0 radical (unpaired) electrons. The third kappa shape index (κ3) is 3.98. The number of aryl methyl sites for hydroxylation is 2. The van der Waals surface area contributed by atoms with Crippen molar-refractivity contribution in [3.05, 3.63) is 82.3 Å². The molecule has 6 rings (SSSR count). The lowest BCUT2D eigenvalue weighted by atomic mass is 9.94. The summed E-state index contributed by atoms with van der Waals surface area (Å²) < 4.78 is 2.99. The number of nitrogens with zero attached hydrogens (tertiary/aromatic N) is 4. The van der Waals surface area contributed by atoms with Crippen LogP contribution in [0.15, 0.2) is 66.0 Å². The summed E-state index contributed by atoms with van der Waals surface area (Å²) in [4.78, 5) is 22.4. The quantitative estimate of drug-likeness (QED) is 0.325. The number of hydrogen-bond acceptors (Lipinski definition) is 5. The maximum absolute atomic E-state index is 12.4. The maximum Gasteiger partial charge on any atom is 0.332 e. The normalized spacial score (nSPS) is 15.7. The van der Waals surface area contributed by atoms with Crippen LogP contribution in [0.5, 0.6) is 5.75 Å². The topological polar surface area (TPSA) is 105 Å². The van der Waals surface area contributed by atoms with Crippen molar-refractivity contribution < 1.29 is 5.11 Å². The number of fused-ring (bicyclic) bond motifs is 1. The van der Waals surface area contributed by atoms with E-state index >= 15 is 0 Å². The summed E-state index contributed by atoms with van der Waals surface area (Å²) in [5.41, 5.74) is 13.4. The first-order valence-corrected chi connectivity index (χ1v) is 12.5. The second-order valence-corrected chi connectivity index (χ2v) is 10.1. The lowest BCUT2D eigenvalue weighted by Gasteiger charge is -2.20. The van der Waals surface area contributed by atoms with Crippen molar-refractivity contribution >= 4 is 28.3 Å². The lowest BCUT2D eigenvalue weighted by molar-refractivity contribution is 0.479. The van der Waals surface area contributed by atoms with Gasteiger partial charge in [-0.05, 0) is 66.4 Å². The summed E-state index contributed by atoms with van der Waals surface area (Å²) in [6, 6.07) is 13.6. The number of aromatic nitrogens is 4. The van der Waals surface area contributed by atoms with Crippen molar-refractivity contribution in [3.8, 4) is 33.7 Å². The van der Waals surface area contributed by atoms with Gasteiger partial charge in [-0.2, -0.15) is 0 Å². The van der Waals surface area contributed by atoms with E-state index in [1.807, 2.05) is 31.2 Å². The van der Waals surface area contributed by atoms with Crippen LogP contribution < -0.4 is 16.3 Å². The van der Waals surface area contributed by atoms with E-state index in [1.54, 1.807) is 37.9 Å². The predicted octanol–water partition coefficient (Wildman–Crippen LogP) is 4.59. The summed E-state index contributed by atoms with van der Waals surface area (Å²) in [7, 11) is 1.69. The molecule has 5 aromatic rings. The van der Waals surface area contributed by atoms with Gasteiger partial charge in [0.05, 0.1) is 28.2 Å². The largest absolute Gasteiger partial charge is 0.507 e. The van der Waals surface area contributed by atoms with E-state index in [2.05, 4.69) is 20.9 Å². The van der Waals surface area contributed by atoms with Crippen molar-refractivity contribution in [3.63, 3.8) is 0 Å². The fraction of sp³-hybridized carbons (Fsp3) is 0.214. The Labute approximate surface area is 218 Å². The highest BCUT2D eigenvalue weighted by Gasteiger charge is 2.23. The maximum atomic E-state index is 12.4. The molecular weight excluding hydrogens is 488 g/mol. The molecule has 0 amide bonds. The summed E-state index contributed by atoms with van der Waals surface area (Å²) in [5.74, 6) is 0.161. The van der Waals surface area contributed by atoms with Crippen molar-refractivity contribution in [2.24, 2.45) is 12.8 Å². The number of nitrogens with one attached hydrogen (secondary N) is 1. The lowest BCUT2D eigenvalue weighted by Crippen LogP contribution is -2.26. The smallest absolute Gasteiger partial charge is 0.332 e. The van der Waals surface area contributed by atoms with E-state index in [-0.39, 0.29) is 17.5 Å². The average Bonchev–Trinajstić information content (AvgIpc) is 3.61. The summed E-state index contributed by atoms with van der Waals surface area (Å²) in [6.45, 7) is 3.64. The van der Waals surface area contributed by atoms with Gasteiger partial charge in [-0.1, -0.05) is 17.7 Å². The molecule has 2 aromatic heterocycles. The fourth-order valence-corrected chi connectivity index (χ4v) is 5.44. The SMILES string of the molecule is Cc1cc(-c2ccc(-n3ccn(C)c3=O)c(Cl)c2)c(O)c(-c2cc(N3CC[C@H](N)C3)c3nc[nH]c3c2)c1. The number of benzene rings is 3. The van der Waals surface area contributed by atoms with Gasteiger partial charge in [0.2, 0.25) is 0 Å². The second kappa shape index (κ2) is 8.83. The van der Waals surface area contributed by atoms with Crippen LogP contribution in [-0.4, -0.2) is 43.3 Å². The number of imidazole rings is 2. The van der Waals surface area contributed by atoms with Crippen LogP contribution in [0.3, 0.4) is 0 Å². The third-order valence-electron chi connectivity index (χ3n) is 7.10. The molecular formula is C28H27ClN6O2. The van der Waals surface area contributed by atoms with Gasteiger partial charge >= 0.3 is 5.69 Å². The molecule has 0 aliphatic carbocycles. The van der Waals surface area contributed by atoms with Crippen molar-refractivity contribution in [2.45, 2.75) is 19.4 Å². The first-order valence-electron chi connectivity index (χ1n) is 12.2. The Balaban J connectivity index is 1.46. The molecule has 1 fully saturated rings. The molecule has 3 heterocycles. The highest BCUT2D eigenvalue weighted by molar-refractivity contribution is 6.32. The minimum Gasteiger partial charge on any atom is -0.507 e. The van der Waals surface area contributed by atoms with Crippen molar-refractivity contribution in [1.82, 2.24) is 19.1 Å². The van der Waals surface area contributed by atoms with Crippen LogP contribution in [0.25, 0.3) is 39.0 Å². The molecule has 1 atom stereocenters. The van der Waals surface area contributed by atoms with E-state index < -0.39 is 0 Å². The van der Waals surface area contributed by atoms with Gasteiger partial charge in [-0.15, -0.1) is 0 Å². The second-order valence-electron chi connectivity index (χ2n) is 9.73. The summed E-state index contributed by atoms with van der Waals surface area (Å²) >= 11 is 6.62. The van der Waals surface area contributed by atoms with Crippen LogP contribution in [0.1, 0.15) is 12.0 Å². The Morgan fingerprint density at radius 1 is 1.08 bits per heavy atom. The first kappa shape index (κ1) is 23.4. The Kier molecular flexibility index (Phi) is 5.58. The van der Waals surface area contributed by atoms with Crippen molar-refractivity contribution in [2.75, 3.05) is 18.0 Å². The molecule has 0 bridgehead atoms. The molecule has 9 heteroatoms. The minimum atomic E-state index is -0.181. The Bertz CT molecular complexity index is 1720. The minimum absolute atomic E-state index is 0.135. The van der Waals surface area contributed by atoms with Crippen LogP contribution >= 0.6 is 11.6 Å². The monoisotopic (exact) mass is 514 g/mol. The van der Waals surface area contributed by atoms with Gasteiger partial charge in [0.25, 0.3) is 0 Å². The fourth-order valence-electron chi connectivity index (χ4n) is 5.17. The molecule has 1 aliphatic rings. The molecule has 1 saturated heterocycles. The van der Waals surface area contributed by atoms with Gasteiger partial charge in [0.1, 0.15) is 11.3 Å². The molecule has 0 spiro atoms. The van der Waals surface area contributed by atoms with Crippen molar-refractivity contribution in [1.29, 1.82) is 0 Å². The molecule has 3 aromatic carbocycles. The zero-order valence-electron chi connectivity index (χ0n) is 20.6. The number of hydrogen-bond donors (Lipinski definition) is 3. The number of halogens is 1. The van der Waals surface area contributed by atoms with Crippen LogP contribution in [-0.2, 0) is 7.05 Å². The van der Waals surface area contributed by atoms with Gasteiger partial charge in [-0.25, -0.2) is 9.78 Å². The Morgan fingerprint density at radius 3 is 2.54 bits per heavy atom. The third-order valence-corrected chi connectivity index (χ3v) is 7.40. The summed E-state index contributed by atoms with van der Waals surface area (Å²) in [5, 5.41) is 11.9. The number of aromatic amines is 1. The molecule has 0 unspecified atom stereocenters. The Hall–Kier alpha value is -4.01. The van der Waals surface area contributed by atoms with E-state index in [1.165, 1.54) is 9.13 Å². The molecule has 4 N–H and O–H groups in total. The number of anilines is 1. The number of phenolic OH excluding ortho intramolecular Hbond substituents is 1. The highest BCUT2D eigenvalue weighted by Crippen LogP contribution is 2.42. The van der Waals surface area contributed by atoms with E-state index in [0.717, 1.165) is 58.5 Å². The zero-order valence-corrected chi connectivity index (χ0v) is 21.3. The molecule has 188 valence electrons. The molecule has 8 nitrogen and oxygen atoms in total. The Morgan fingerprint density at radius 2 is 1.86 bits per heavy atom.